The van der Waals surface area contributed by atoms with E-state index >= 15 is 0 Å². The lowest BCUT2D eigenvalue weighted by molar-refractivity contribution is 1.44. The third kappa shape index (κ3) is 1.65. The SMILES string of the molecule is c1ccc(-c2ccnc3sc4ccccc4c23)cc1. The summed E-state index contributed by atoms with van der Waals surface area (Å²) in [4.78, 5) is 5.64. The number of hydrogen-bond acceptors (Lipinski definition) is 2. The fourth-order valence-electron chi connectivity index (χ4n) is 2.50. The molecular weight excluding hydrogens is 250 g/mol. The predicted molar refractivity (Wildman–Crippen MR) is 82.6 cm³/mol. The van der Waals surface area contributed by atoms with Gasteiger partial charge in [-0.1, -0.05) is 48.5 Å². The Labute approximate surface area is 115 Å². The van der Waals surface area contributed by atoms with Gasteiger partial charge in [-0.2, -0.15) is 0 Å². The Bertz CT molecular complexity index is 862. The third-order valence-corrected chi connectivity index (χ3v) is 4.44. The van der Waals surface area contributed by atoms with Gasteiger partial charge in [0.15, 0.2) is 0 Å². The summed E-state index contributed by atoms with van der Waals surface area (Å²) in [6.07, 6.45) is 1.90. The zero-order chi connectivity index (χ0) is 12.7. The highest BCUT2D eigenvalue weighted by Crippen LogP contribution is 2.38. The van der Waals surface area contributed by atoms with E-state index in [-0.39, 0.29) is 0 Å². The summed E-state index contributed by atoms with van der Waals surface area (Å²) in [6, 6.07) is 21.1. The van der Waals surface area contributed by atoms with Crippen LogP contribution in [0.3, 0.4) is 0 Å². The molecule has 4 aromatic rings. The number of thiophene rings is 1. The van der Waals surface area contributed by atoms with Crippen LogP contribution in [-0.2, 0) is 0 Å². The average molecular weight is 261 g/mol. The number of aromatic nitrogens is 1. The second-order valence-corrected chi connectivity index (χ2v) is 5.53. The molecule has 1 nitrogen and oxygen atoms in total. The number of nitrogens with zero attached hydrogens (tertiary/aromatic N) is 1. The summed E-state index contributed by atoms with van der Waals surface area (Å²) in [7, 11) is 0. The van der Waals surface area contributed by atoms with Crippen molar-refractivity contribution >= 4 is 31.6 Å². The van der Waals surface area contributed by atoms with Crippen molar-refractivity contribution in [2.75, 3.05) is 0 Å². The van der Waals surface area contributed by atoms with Gasteiger partial charge in [0.2, 0.25) is 0 Å². The van der Waals surface area contributed by atoms with E-state index in [4.69, 9.17) is 0 Å². The molecule has 0 fully saturated rings. The summed E-state index contributed by atoms with van der Waals surface area (Å²) in [5, 5.41) is 2.57. The van der Waals surface area contributed by atoms with E-state index in [2.05, 4.69) is 59.6 Å². The largest absolute Gasteiger partial charge is 0.245 e. The lowest BCUT2D eigenvalue weighted by atomic mass is 10.0. The second-order valence-electron chi connectivity index (χ2n) is 4.50. The van der Waals surface area contributed by atoms with Crippen LogP contribution in [-0.4, -0.2) is 4.98 Å². The summed E-state index contributed by atoms with van der Waals surface area (Å²) >= 11 is 1.76. The van der Waals surface area contributed by atoms with Gasteiger partial charge in [0, 0.05) is 21.7 Å². The zero-order valence-electron chi connectivity index (χ0n) is 10.2. The van der Waals surface area contributed by atoms with Crippen molar-refractivity contribution in [1.82, 2.24) is 4.98 Å². The molecule has 0 saturated heterocycles. The fourth-order valence-corrected chi connectivity index (χ4v) is 3.58. The van der Waals surface area contributed by atoms with E-state index in [1.807, 2.05) is 12.3 Å². The first-order chi connectivity index (χ1) is 9.43. The Morgan fingerprint density at radius 2 is 1.58 bits per heavy atom. The number of rotatable bonds is 1. The maximum absolute atomic E-state index is 4.52. The van der Waals surface area contributed by atoms with Crippen LogP contribution in [0.15, 0.2) is 66.9 Å². The standard InChI is InChI=1S/C17H11NS/c1-2-6-12(7-3-1)13-10-11-18-17-16(13)14-8-4-5-9-15(14)19-17/h1-11H. The highest BCUT2D eigenvalue weighted by molar-refractivity contribution is 7.25. The molecule has 2 aromatic carbocycles. The maximum Gasteiger partial charge on any atom is 0.125 e. The van der Waals surface area contributed by atoms with Gasteiger partial charge in [-0.25, -0.2) is 4.98 Å². The van der Waals surface area contributed by atoms with Crippen molar-refractivity contribution in [3.05, 3.63) is 66.9 Å². The number of pyridine rings is 1. The molecule has 0 aliphatic carbocycles. The Kier molecular flexibility index (Phi) is 2.35. The Morgan fingerprint density at radius 3 is 2.47 bits per heavy atom. The number of benzene rings is 2. The van der Waals surface area contributed by atoms with Gasteiger partial charge in [-0.3, -0.25) is 0 Å². The lowest BCUT2D eigenvalue weighted by Crippen LogP contribution is -1.80. The minimum Gasteiger partial charge on any atom is -0.245 e. The maximum atomic E-state index is 4.52. The van der Waals surface area contributed by atoms with Crippen molar-refractivity contribution in [2.45, 2.75) is 0 Å². The van der Waals surface area contributed by atoms with Crippen LogP contribution in [0.5, 0.6) is 0 Å². The molecule has 0 unspecified atom stereocenters. The smallest absolute Gasteiger partial charge is 0.125 e. The molecule has 90 valence electrons. The normalized spacial score (nSPS) is 11.2. The Balaban J connectivity index is 2.17. The van der Waals surface area contributed by atoms with Gasteiger partial charge in [0.05, 0.1) is 0 Å². The molecule has 2 aromatic heterocycles. The van der Waals surface area contributed by atoms with Crippen molar-refractivity contribution in [3.63, 3.8) is 0 Å². The van der Waals surface area contributed by atoms with E-state index in [9.17, 15) is 0 Å². The fraction of sp³-hybridized carbons (Fsp3) is 0. The van der Waals surface area contributed by atoms with Crippen LogP contribution in [0, 0.1) is 0 Å². The molecular formula is C17H11NS. The molecule has 0 radical (unpaired) electrons. The molecule has 0 spiro atoms. The molecule has 0 amide bonds. The first kappa shape index (κ1) is 10.7. The van der Waals surface area contributed by atoms with Crippen molar-refractivity contribution < 1.29 is 0 Å². The average Bonchev–Trinajstić information content (AvgIpc) is 2.86. The van der Waals surface area contributed by atoms with E-state index < -0.39 is 0 Å². The Morgan fingerprint density at radius 1 is 0.789 bits per heavy atom. The van der Waals surface area contributed by atoms with Crippen LogP contribution >= 0.6 is 11.3 Å². The summed E-state index contributed by atoms with van der Waals surface area (Å²) in [5.74, 6) is 0. The lowest BCUT2D eigenvalue weighted by Gasteiger charge is -2.03. The highest BCUT2D eigenvalue weighted by atomic mass is 32.1. The zero-order valence-corrected chi connectivity index (χ0v) is 11.0. The van der Waals surface area contributed by atoms with Crippen molar-refractivity contribution in [3.8, 4) is 11.1 Å². The molecule has 19 heavy (non-hydrogen) atoms. The molecule has 0 saturated carbocycles. The Hall–Kier alpha value is -2.19. The van der Waals surface area contributed by atoms with Gasteiger partial charge in [0.25, 0.3) is 0 Å². The van der Waals surface area contributed by atoms with Crippen molar-refractivity contribution in [2.24, 2.45) is 0 Å². The van der Waals surface area contributed by atoms with Gasteiger partial charge in [0.1, 0.15) is 4.83 Å². The predicted octanol–water partition coefficient (Wildman–Crippen LogP) is 5.12. The van der Waals surface area contributed by atoms with Gasteiger partial charge in [-0.15, -0.1) is 11.3 Å². The van der Waals surface area contributed by atoms with E-state index in [1.165, 1.54) is 26.6 Å². The van der Waals surface area contributed by atoms with Crippen LogP contribution in [0.2, 0.25) is 0 Å². The van der Waals surface area contributed by atoms with E-state index in [0.717, 1.165) is 4.83 Å². The van der Waals surface area contributed by atoms with Crippen molar-refractivity contribution in [1.29, 1.82) is 0 Å². The molecule has 0 atom stereocenters. The minimum absolute atomic E-state index is 1.11. The highest BCUT2D eigenvalue weighted by Gasteiger charge is 2.10. The molecule has 2 heterocycles. The van der Waals surface area contributed by atoms with E-state index in [0.29, 0.717) is 0 Å². The van der Waals surface area contributed by atoms with Crippen LogP contribution in [0.25, 0.3) is 31.4 Å². The first-order valence-corrected chi connectivity index (χ1v) is 7.07. The van der Waals surface area contributed by atoms with E-state index in [1.54, 1.807) is 11.3 Å². The topological polar surface area (TPSA) is 12.9 Å². The van der Waals surface area contributed by atoms with Crippen LogP contribution < -0.4 is 0 Å². The third-order valence-electron chi connectivity index (χ3n) is 3.36. The number of fused-ring (bicyclic) bond motifs is 3. The monoisotopic (exact) mass is 261 g/mol. The van der Waals surface area contributed by atoms with Crippen LogP contribution in [0.1, 0.15) is 0 Å². The minimum atomic E-state index is 1.11. The summed E-state index contributed by atoms with van der Waals surface area (Å²) in [6.45, 7) is 0. The quantitative estimate of drug-likeness (QED) is 0.463. The number of hydrogen-bond donors (Lipinski definition) is 0. The summed E-state index contributed by atoms with van der Waals surface area (Å²) < 4.78 is 1.30. The first-order valence-electron chi connectivity index (χ1n) is 6.25. The van der Waals surface area contributed by atoms with Crippen LogP contribution in [0.4, 0.5) is 0 Å². The molecule has 0 N–H and O–H groups in total. The molecule has 2 heteroatoms. The molecule has 0 aliphatic heterocycles. The molecule has 0 aliphatic rings. The molecule has 4 rings (SSSR count). The second kappa shape index (κ2) is 4.18. The van der Waals surface area contributed by atoms with Gasteiger partial charge < -0.3 is 0 Å². The van der Waals surface area contributed by atoms with Gasteiger partial charge in [-0.05, 0) is 23.3 Å². The molecule has 0 bridgehead atoms. The summed E-state index contributed by atoms with van der Waals surface area (Å²) in [5.41, 5.74) is 2.52. The van der Waals surface area contributed by atoms with Gasteiger partial charge >= 0.3 is 0 Å².